The smallest absolute Gasteiger partial charge is 0.319 e. The average Bonchev–Trinajstić information content (AvgIpc) is 2.82. The number of nitrogens with zero attached hydrogens (tertiary/aromatic N) is 1. The summed E-state index contributed by atoms with van der Waals surface area (Å²) >= 11 is 0. The molecule has 1 aromatic heterocycles. The van der Waals surface area contributed by atoms with Gasteiger partial charge in [-0.05, 0) is 61.1 Å². The maximum Gasteiger partial charge on any atom is 0.319 e. The molecule has 0 saturated carbocycles. The Morgan fingerprint density at radius 2 is 1.77 bits per heavy atom. The molecule has 0 fully saturated rings. The largest absolute Gasteiger partial charge is 0.505 e. The lowest BCUT2D eigenvalue weighted by Gasteiger charge is -2.20. The van der Waals surface area contributed by atoms with Crippen molar-refractivity contribution in [2.24, 2.45) is 7.05 Å². The van der Waals surface area contributed by atoms with Crippen LogP contribution in [-0.4, -0.2) is 28.3 Å². The molecule has 8 heteroatoms. The molecule has 3 rings (SSSR count). The molecule has 2 aromatic carbocycles. The van der Waals surface area contributed by atoms with Crippen molar-refractivity contribution >= 4 is 17.7 Å². The van der Waals surface area contributed by atoms with Crippen molar-refractivity contribution in [3.8, 4) is 5.75 Å². The zero-order chi connectivity index (χ0) is 25.5. The number of aryl methyl sites for hydroxylation is 3. The van der Waals surface area contributed by atoms with Gasteiger partial charge in [0.05, 0.1) is 19.1 Å². The third-order valence-electron chi connectivity index (χ3n) is 5.85. The van der Waals surface area contributed by atoms with Gasteiger partial charge in [-0.1, -0.05) is 42.5 Å². The van der Waals surface area contributed by atoms with Crippen LogP contribution in [0.25, 0.3) is 0 Å². The normalized spacial score (nSPS) is 11.5. The summed E-state index contributed by atoms with van der Waals surface area (Å²) in [6.45, 7) is 6.08. The minimum atomic E-state index is -0.724. The Kier molecular flexibility index (Phi) is 8.30. The molecule has 2 amide bonds. The van der Waals surface area contributed by atoms with Crippen LogP contribution < -0.4 is 16.2 Å². The van der Waals surface area contributed by atoms with Gasteiger partial charge < -0.3 is 25.0 Å². The third kappa shape index (κ3) is 6.50. The second-order valence-corrected chi connectivity index (χ2v) is 8.44. The van der Waals surface area contributed by atoms with Gasteiger partial charge >= 0.3 is 12.0 Å². The lowest BCUT2D eigenvalue weighted by Crippen LogP contribution is -2.36. The van der Waals surface area contributed by atoms with Crippen LogP contribution in [0.15, 0.2) is 59.5 Å². The van der Waals surface area contributed by atoms with Crippen LogP contribution in [0.4, 0.5) is 10.5 Å². The van der Waals surface area contributed by atoms with Gasteiger partial charge in [0.15, 0.2) is 5.69 Å². The fraction of sp³-hybridized carbons (Fsp3) is 0.296. The number of nitrogens with one attached hydrogen (secondary N) is 2. The van der Waals surface area contributed by atoms with Gasteiger partial charge in [-0.25, -0.2) is 4.79 Å². The SMILES string of the molecule is CCOC(=O)C[C@H](NC(=O)Nc1c(O)ccn(C)c1=O)c1cccc(Cc2c(C)cccc2C)c1. The number of carbonyl (C=O) groups excluding carboxylic acids is 2. The number of esters is 1. The van der Waals surface area contributed by atoms with Crippen LogP contribution in [0.3, 0.4) is 0 Å². The molecule has 35 heavy (non-hydrogen) atoms. The van der Waals surface area contributed by atoms with Crippen molar-refractivity contribution < 1.29 is 19.4 Å². The van der Waals surface area contributed by atoms with E-state index in [0.717, 1.165) is 11.1 Å². The minimum Gasteiger partial charge on any atom is -0.505 e. The Bertz CT molecular complexity index is 1260. The van der Waals surface area contributed by atoms with Crippen LogP contribution in [0.2, 0.25) is 0 Å². The van der Waals surface area contributed by atoms with Gasteiger partial charge in [0.2, 0.25) is 0 Å². The standard InChI is InChI=1S/C27H31N3O5/c1-5-35-24(32)16-22(28-27(34)29-25-23(31)12-13-30(4)26(25)33)20-11-7-10-19(14-20)15-21-17(2)8-6-9-18(21)3/h6-14,22,31H,5,15-16H2,1-4H3,(H2,28,29,34)/t22-/m0/s1. The first-order valence-corrected chi connectivity index (χ1v) is 11.4. The molecule has 3 aromatic rings. The maximum absolute atomic E-state index is 12.8. The number of aromatic nitrogens is 1. The number of hydrogen-bond acceptors (Lipinski definition) is 5. The highest BCUT2D eigenvalue weighted by molar-refractivity contribution is 5.91. The van der Waals surface area contributed by atoms with E-state index < -0.39 is 23.6 Å². The quantitative estimate of drug-likeness (QED) is 0.423. The number of pyridine rings is 1. The van der Waals surface area contributed by atoms with Crippen molar-refractivity contribution in [3.63, 3.8) is 0 Å². The van der Waals surface area contributed by atoms with Crippen LogP contribution in [0.5, 0.6) is 5.75 Å². The molecule has 0 aliphatic heterocycles. The van der Waals surface area contributed by atoms with Crippen molar-refractivity contribution in [1.82, 2.24) is 9.88 Å². The second-order valence-electron chi connectivity index (χ2n) is 8.44. The number of carbonyl (C=O) groups is 2. The van der Waals surface area contributed by atoms with E-state index in [-0.39, 0.29) is 24.5 Å². The first kappa shape index (κ1) is 25.6. The minimum absolute atomic E-state index is 0.0904. The number of rotatable bonds is 8. The summed E-state index contributed by atoms with van der Waals surface area (Å²) in [6, 6.07) is 13.7. The lowest BCUT2D eigenvalue weighted by molar-refractivity contribution is -0.143. The summed E-state index contributed by atoms with van der Waals surface area (Å²) in [6.07, 6.45) is 2.01. The fourth-order valence-corrected chi connectivity index (χ4v) is 3.94. The average molecular weight is 478 g/mol. The molecule has 0 bridgehead atoms. The first-order valence-electron chi connectivity index (χ1n) is 11.4. The van der Waals surface area contributed by atoms with Crippen molar-refractivity contribution in [3.05, 3.63) is 92.9 Å². The summed E-state index contributed by atoms with van der Waals surface area (Å²) in [5, 5.41) is 15.2. The Morgan fingerprint density at radius 1 is 1.09 bits per heavy atom. The fourth-order valence-electron chi connectivity index (χ4n) is 3.94. The summed E-state index contributed by atoms with van der Waals surface area (Å²) in [7, 11) is 1.51. The molecule has 0 aliphatic rings. The maximum atomic E-state index is 12.8. The van der Waals surface area contributed by atoms with E-state index in [9.17, 15) is 19.5 Å². The zero-order valence-electron chi connectivity index (χ0n) is 20.4. The number of aromatic hydroxyl groups is 1. The van der Waals surface area contributed by atoms with Crippen LogP contribution in [0.1, 0.15) is 47.2 Å². The third-order valence-corrected chi connectivity index (χ3v) is 5.85. The van der Waals surface area contributed by atoms with Gasteiger partial charge in [-0.15, -0.1) is 0 Å². The van der Waals surface area contributed by atoms with E-state index in [2.05, 4.69) is 36.6 Å². The molecule has 8 nitrogen and oxygen atoms in total. The summed E-state index contributed by atoms with van der Waals surface area (Å²) in [5.74, 6) is -0.808. The number of benzene rings is 2. The number of urea groups is 1. The molecule has 0 saturated heterocycles. The first-order chi connectivity index (χ1) is 16.7. The van der Waals surface area contributed by atoms with E-state index in [0.29, 0.717) is 6.42 Å². The van der Waals surface area contributed by atoms with E-state index in [1.165, 1.54) is 40.6 Å². The highest BCUT2D eigenvalue weighted by Gasteiger charge is 2.21. The highest BCUT2D eigenvalue weighted by Crippen LogP contribution is 2.24. The van der Waals surface area contributed by atoms with Crippen molar-refractivity contribution in [2.45, 2.75) is 39.7 Å². The number of amides is 2. The summed E-state index contributed by atoms with van der Waals surface area (Å²) in [5.41, 5.74) is 4.57. The van der Waals surface area contributed by atoms with Gasteiger partial charge in [0, 0.05) is 13.2 Å². The van der Waals surface area contributed by atoms with Crippen LogP contribution in [0, 0.1) is 13.8 Å². The van der Waals surface area contributed by atoms with Gasteiger partial charge in [0.25, 0.3) is 5.56 Å². The predicted octanol–water partition coefficient (Wildman–Crippen LogP) is 4.11. The summed E-state index contributed by atoms with van der Waals surface area (Å²) < 4.78 is 6.34. The highest BCUT2D eigenvalue weighted by atomic mass is 16.5. The zero-order valence-corrected chi connectivity index (χ0v) is 20.4. The van der Waals surface area contributed by atoms with E-state index in [1.54, 1.807) is 6.92 Å². The molecule has 1 heterocycles. The van der Waals surface area contributed by atoms with Gasteiger partial charge in [-0.3, -0.25) is 9.59 Å². The van der Waals surface area contributed by atoms with Gasteiger partial charge in [0.1, 0.15) is 5.75 Å². The molecule has 0 unspecified atom stereocenters. The van der Waals surface area contributed by atoms with E-state index in [4.69, 9.17) is 4.74 Å². The van der Waals surface area contributed by atoms with Gasteiger partial charge in [-0.2, -0.15) is 0 Å². The Labute approximate surface area is 204 Å². The monoisotopic (exact) mass is 477 g/mol. The molecule has 0 radical (unpaired) electrons. The Morgan fingerprint density at radius 3 is 2.46 bits per heavy atom. The van der Waals surface area contributed by atoms with Crippen LogP contribution >= 0.6 is 0 Å². The molecule has 184 valence electrons. The number of ether oxygens (including phenoxy) is 1. The molecular formula is C27H31N3O5. The van der Waals surface area contributed by atoms with E-state index >= 15 is 0 Å². The molecule has 0 aliphatic carbocycles. The topological polar surface area (TPSA) is 110 Å². The molecule has 1 atom stereocenters. The molecule has 0 spiro atoms. The van der Waals surface area contributed by atoms with Crippen molar-refractivity contribution in [1.29, 1.82) is 0 Å². The molecule has 3 N–H and O–H groups in total. The lowest BCUT2D eigenvalue weighted by atomic mass is 9.94. The summed E-state index contributed by atoms with van der Waals surface area (Å²) in [4.78, 5) is 37.4. The van der Waals surface area contributed by atoms with Crippen molar-refractivity contribution in [2.75, 3.05) is 11.9 Å². The Balaban J connectivity index is 1.86. The second kappa shape index (κ2) is 11.4. The number of anilines is 1. The van der Waals surface area contributed by atoms with E-state index in [1.807, 2.05) is 30.3 Å². The predicted molar refractivity (Wildman–Crippen MR) is 135 cm³/mol. The number of hydrogen-bond donors (Lipinski definition) is 3. The Hall–Kier alpha value is -4.07. The van der Waals surface area contributed by atoms with Crippen LogP contribution in [-0.2, 0) is 23.0 Å². The molecular weight excluding hydrogens is 446 g/mol.